The van der Waals surface area contributed by atoms with E-state index < -0.39 is 11.7 Å². The molecule has 0 spiro atoms. The number of ether oxygens (including phenoxy) is 1. The van der Waals surface area contributed by atoms with E-state index in [4.69, 9.17) is 4.74 Å². The summed E-state index contributed by atoms with van der Waals surface area (Å²) in [5.41, 5.74) is 1.27. The van der Waals surface area contributed by atoms with Crippen molar-refractivity contribution in [1.29, 1.82) is 0 Å². The number of halogens is 2. The summed E-state index contributed by atoms with van der Waals surface area (Å²) in [6.07, 6.45) is 0. The maximum atomic E-state index is 13.6. The van der Waals surface area contributed by atoms with Crippen LogP contribution in [0.1, 0.15) is 6.92 Å². The van der Waals surface area contributed by atoms with Crippen LogP contribution in [0.2, 0.25) is 0 Å². The number of carbonyl (C=O) groups is 2. The molecule has 0 radical (unpaired) electrons. The van der Waals surface area contributed by atoms with Gasteiger partial charge in [0, 0.05) is 29.8 Å². The summed E-state index contributed by atoms with van der Waals surface area (Å²) in [5, 5.41) is 2.64. The van der Waals surface area contributed by atoms with E-state index in [9.17, 15) is 14.0 Å². The third-order valence-electron chi connectivity index (χ3n) is 3.26. The Morgan fingerprint density at radius 3 is 2.46 bits per heavy atom. The Bertz CT molecular complexity index is 750. The first kappa shape index (κ1) is 17.9. The number of anilines is 2. The molecule has 2 aromatic rings. The molecule has 0 aliphatic rings. The maximum absolute atomic E-state index is 13.6. The fraction of sp³-hybridized carbons (Fsp3) is 0.176. The zero-order valence-electron chi connectivity index (χ0n) is 13.2. The molecule has 0 aromatic heterocycles. The molecule has 5 nitrogen and oxygen atoms in total. The summed E-state index contributed by atoms with van der Waals surface area (Å²) in [6.45, 7) is 1.15. The minimum atomic E-state index is -0.547. The highest BCUT2D eigenvalue weighted by molar-refractivity contribution is 9.10. The van der Waals surface area contributed by atoms with E-state index >= 15 is 0 Å². The van der Waals surface area contributed by atoms with Crippen LogP contribution in [0, 0.1) is 5.82 Å². The molecule has 2 amide bonds. The number of benzene rings is 2. The molecular weight excluding hydrogens is 379 g/mol. The van der Waals surface area contributed by atoms with Crippen LogP contribution in [0.4, 0.5) is 15.8 Å². The minimum absolute atomic E-state index is 0.00628. The molecule has 0 aliphatic heterocycles. The third kappa shape index (κ3) is 4.79. The predicted octanol–water partition coefficient (Wildman–Crippen LogP) is 3.59. The first-order valence-electron chi connectivity index (χ1n) is 7.09. The number of amides is 2. The van der Waals surface area contributed by atoms with Gasteiger partial charge in [0.25, 0.3) is 5.91 Å². The van der Waals surface area contributed by atoms with Gasteiger partial charge in [-0.15, -0.1) is 0 Å². The molecule has 0 saturated heterocycles. The number of hydrogen-bond donors (Lipinski definition) is 1. The van der Waals surface area contributed by atoms with Crippen molar-refractivity contribution in [3.63, 3.8) is 0 Å². The highest BCUT2D eigenvalue weighted by Gasteiger charge is 2.09. The van der Waals surface area contributed by atoms with Crippen LogP contribution in [0.25, 0.3) is 0 Å². The highest BCUT2D eigenvalue weighted by atomic mass is 79.9. The van der Waals surface area contributed by atoms with Crippen LogP contribution in [0.5, 0.6) is 5.75 Å². The quantitative estimate of drug-likeness (QED) is 0.842. The van der Waals surface area contributed by atoms with E-state index in [1.807, 2.05) is 0 Å². The first-order chi connectivity index (χ1) is 11.4. The van der Waals surface area contributed by atoms with Gasteiger partial charge in [-0.1, -0.05) is 15.9 Å². The second-order valence-corrected chi connectivity index (χ2v) is 5.95. The Balaban J connectivity index is 1.91. The Morgan fingerprint density at radius 1 is 1.21 bits per heavy atom. The monoisotopic (exact) mass is 394 g/mol. The SMILES string of the molecule is CC(=O)N(C)c1ccc(NC(=O)COc2ccc(Br)cc2F)cc1. The summed E-state index contributed by atoms with van der Waals surface area (Å²) in [5.74, 6) is -1.04. The Kier molecular flexibility index (Phi) is 5.92. The molecule has 0 heterocycles. The van der Waals surface area contributed by atoms with Crippen molar-refractivity contribution < 1.29 is 18.7 Å². The zero-order chi connectivity index (χ0) is 17.7. The summed E-state index contributed by atoms with van der Waals surface area (Å²) < 4.78 is 19.3. The molecular formula is C17H16BrFN2O3. The van der Waals surface area contributed by atoms with Gasteiger partial charge < -0.3 is 15.0 Å². The van der Waals surface area contributed by atoms with Crippen molar-refractivity contribution in [2.45, 2.75) is 6.92 Å². The molecule has 2 aromatic carbocycles. The first-order valence-corrected chi connectivity index (χ1v) is 7.88. The van der Waals surface area contributed by atoms with Crippen molar-refractivity contribution in [1.82, 2.24) is 0 Å². The second kappa shape index (κ2) is 7.92. The van der Waals surface area contributed by atoms with Crippen LogP contribution in [-0.2, 0) is 9.59 Å². The van der Waals surface area contributed by atoms with Crippen LogP contribution >= 0.6 is 15.9 Å². The summed E-state index contributed by atoms with van der Waals surface area (Å²) in [7, 11) is 1.66. The van der Waals surface area contributed by atoms with E-state index in [2.05, 4.69) is 21.2 Å². The number of nitrogens with zero attached hydrogens (tertiary/aromatic N) is 1. The lowest BCUT2D eigenvalue weighted by atomic mass is 10.2. The lowest BCUT2D eigenvalue weighted by Crippen LogP contribution is -2.23. The van der Waals surface area contributed by atoms with Crippen molar-refractivity contribution in [2.24, 2.45) is 0 Å². The molecule has 24 heavy (non-hydrogen) atoms. The van der Waals surface area contributed by atoms with E-state index in [0.717, 1.165) is 0 Å². The van der Waals surface area contributed by atoms with Gasteiger partial charge in [0.05, 0.1) is 0 Å². The zero-order valence-corrected chi connectivity index (χ0v) is 14.8. The van der Waals surface area contributed by atoms with Crippen LogP contribution < -0.4 is 15.0 Å². The van der Waals surface area contributed by atoms with Crippen LogP contribution in [0.3, 0.4) is 0 Å². The van der Waals surface area contributed by atoms with Gasteiger partial charge in [0.1, 0.15) is 0 Å². The van der Waals surface area contributed by atoms with Crippen molar-refractivity contribution in [3.8, 4) is 5.75 Å². The molecule has 0 unspecified atom stereocenters. The topological polar surface area (TPSA) is 58.6 Å². The van der Waals surface area contributed by atoms with E-state index in [0.29, 0.717) is 15.8 Å². The lowest BCUT2D eigenvalue weighted by Gasteiger charge is -2.15. The summed E-state index contributed by atoms with van der Waals surface area (Å²) >= 11 is 3.15. The summed E-state index contributed by atoms with van der Waals surface area (Å²) in [4.78, 5) is 24.6. The number of rotatable bonds is 5. The van der Waals surface area contributed by atoms with E-state index in [1.54, 1.807) is 37.4 Å². The lowest BCUT2D eigenvalue weighted by molar-refractivity contribution is -0.118. The minimum Gasteiger partial charge on any atom is -0.481 e. The van der Waals surface area contributed by atoms with Gasteiger partial charge in [-0.25, -0.2) is 4.39 Å². The van der Waals surface area contributed by atoms with Crippen LogP contribution in [0.15, 0.2) is 46.9 Å². The standard InChI is InChI=1S/C17H16BrFN2O3/c1-11(22)21(2)14-6-4-13(5-7-14)20-17(23)10-24-16-8-3-12(18)9-15(16)19/h3-9H,10H2,1-2H3,(H,20,23). The molecule has 0 atom stereocenters. The fourth-order valence-corrected chi connectivity index (χ4v) is 2.22. The van der Waals surface area contributed by atoms with Crippen molar-refractivity contribution in [3.05, 3.63) is 52.8 Å². The molecule has 0 saturated carbocycles. The largest absolute Gasteiger partial charge is 0.481 e. The maximum Gasteiger partial charge on any atom is 0.262 e. The molecule has 7 heteroatoms. The number of hydrogen-bond acceptors (Lipinski definition) is 3. The van der Waals surface area contributed by atoms with Crippen LogP contribution in [-0.4, -0.2) is 25.5 Å². The average molecular weight is 395 g/mol. The molecule has 2 rings (SSSR count). The fourth-order valence-electron chi connectivity index (χ4n) is 1.88. The average Bonchev–Trinajstić information content (AvgIpc) is 2.54. The van der Waals surface area contributed by atoms with Gasteiger partial charge in [0.2, 0.25) is 5.91 Å². The Morgan fingerprint density at radius 2 is 1.88 bits per heavy atom. The van der Waals surface area contributed by atoms with Crippen molar-refractivity contribution in [2.75, 3.05) is 23.9 Å². The van der Waals surface area contributed by atoms with Crippen molar-refractivity contribution >= 4 is 39.1 Å². The van der Waals surface area contributed by atoms with Gasteiger partial charge in [-0.3, -0.25) is 9.59 Å². The van der Waals surface area contributed by atoms with Gasteiger partial charge in [0.15, 0.2) is 18.2 Å². The van der Waals surface area contributed by atoms with Gasteiger partial charge in [-0.2, -0.15) is 0 Å². The van der Waals surface area contributed by atoms with E-state index in [-0.39, 0.29) is 18.3 Å². The predicted molar refractivity (Wildman–Crippen MR) is 93.8 cm³/mol. The van der Waals surface area contributed by atoms with Gasteiger partial charge in [-0.05, 0) is 42.5 Å². The third-order valence-corrected chi connectivity index (χ3v) is 3.76. The molecule has 0 aliphatic carbocycles. The second-order valence-electron chi connectivity index (χ2n) is 5.04. The molecule has 0 bridgehead atoms. The van der Waals surface area contributed by atoms with E-state index in [1.165, 1.54) is 24.0 Å². The Hall–Kier alpha value is -2.41. The number of carbonyl (C=O) groups excluding carboxylic acids is 2. The highest BCUT2D eigenvalue weighted by Crippen LogP contribution is 2.21. The Labute approximate surface area is 147 Å². The van der Waals surface area contributed by atoms with Gasteiger partial charge >= 0.3 is 0 Å². The summed E-state index contributed by atoms with van der Waals surface area (Å²) in [6, 6.07) is 11.1. The molecule has 1 N–H and O–H groups in total. The smallest absolute Gasteiger partial charge is 0.262 e. The molecule has 0 fully saturated rings. The normalized spacial score (nSPS) is 10.2. The number of nitrogens with one attached hydrogen (secondary N) is 1. The molecule has 126 valence electrons.